The highest BCUT2D eigenvalue weighted by Gasteiger charge is 2.32. The Morgan fingerprint density at radius 1 is 1.00 bits per heavy atom. The molecule has 0 unspecified atom stereocenters. The van der Waals surface area contributed by atoms with Crippen LogP contribution in [0.2, 0.25) is 0 Å². The van der Waals surface area contributed by atoms with Crippen molar-refractivity contribution < 1.29 is 14.6 Å². The number of hydrogen-bond acceptors (Lipinski definition) is 8. The Kier molecular flexibility index (Phi) is 7.75. The van der Waals surface area contributed by atoms with Gasteiger partial charge in [-0.3, -0.25) is 19.4 Å². The van der Waals surface area contributed by atoms with Crippen molar-refractivity contribution in [1.29, 1.82) is 0 Å². The molecule has 2 N–H and O–H groups in total. The molecule has 1 fully saturated rings. The number of fused-ring (bicyclic) bond motifs is 3. The topological polar surface area (TPSA) is 118 Å². The van der Waals surface area contributed by atoms with Crippen molar-refractivity contribution in [3.05, 3.63) is 93.4 Å². The van der Waals surface area contributed by atoms with Crippen LogP contribution >= 0.6 is 0 Å². The summed E-state index contributed by atoms with van der Waals surface area (Å²) < 4.78 is 9.04. The number of anilines is 3. The molecule has 3 aliphatic heterocycles. The highest BCUT2D eigenvalue weighted by Crippen LogP contribution is 2.35. The first-order chi connectivity index (χ1) is 23.0. The number of aromatic nitrogens is 4. The number of amides is 1. The highest BCUT2D eigenvalue weighted by atomic mass is 16.5. The molecule has 0 atom stereocenters. The van der Waals surface area contributed by atoms with Crippen molar-refractivity contribution in [3.8, 4) is 11.1 Å². The monoisotopic (exact) mass is 633 g/mol. The fourth-order valence-corrected chi connectivity index (χ4v) is 7.44. The maximum absolute atomic E-state index is 13.8. The summed E-state index contributed by atoms with van der Waals surface area (Å²) in [5, 5.41) is 13.9. The van der Waals surface area contributed by atoms with Crippen LogP contribution in [0.3, 0.4) is 0 Å². The molecule has 47 heavy (non-hydrogen) atoms. The van der Waals surface area contributed by atoms with Gasteiger partial charge in [0.2, 0.25) is 0 Å². The smallest absolute Gasteiger partial charge is 0.276 e. The third-order valence-corrected chi connectivity index (χ3v) is 10.1. The van der Waals surface area contributed by atoms with Crippen LogP contribution in [-0.4, -0.2) is 73.9 Å². The Balaban J connectivity index is 1.05. The van der Waals surface area contributed by atoms with Gasteiger partial charge in [0.1, 0.15) is 23.0 Å². The number of aliphatic hydroxyl groups excluding tert-OH is 1. The van der Waals surface area contributed by atoms with Crippen molar-refractivity contribution in [2.45, 2.75) is 51.3 Å². The molecule has 242 valence electrons. The number of aliphatic hydroxyl groups is 1. The lowest BCUT2D eigenvalue weighted by atomic mass is 9.98. The van der Waals surface area contributed by atoms with E-state index in [1.165, 1.54) is 21.4 Å². The second-order valence-corrected chi connectivity index (χ2v) is 12.9. The number of ether oxygens (including phenoxy) is 1. The molecule has 8 rings (SSSR count). The van der Waals surface area contributed by atoms with Crippen LogP contribution in [0.15, 0.2) is 59.8 Å². The minimum Gasteiger partial charge on any atom is -0.392 e. The van der Waals surface area contributed by atoms with Gasteiger partial charge in [0.25, 0.3) is 11.5 Å². The van der Waals surface area contributed by atoms with Crippen LogP contribution in [0.25, 0.3) is 16.7 Å². The van der Waals surface area contributed by atoms with E-state index in [1.807, 2.05) is 30.5 Å². The Bertz CT molecular complexity index is 1940. The Morgan fingerprint density at radius 2 is 1.87 bits per heavy atom. The maximum Gasteiger partial charge on any atom is 0.276 e. The SMILES string of the molecule is Cn1cc(-c2ccnc(N3CCn4c(cc5c4CCCC5)C3=O)c2CO)cc(Nc2ccc(C3=CCN(C4COC4)CC3)cn2)c1=O. The zero-order valence-electron chi connectivity index (χ0n) is 26.6. The summed E-state index contributed by atoms with van der Waals surface area (Å²) in [5.41, 5.74) is 7.74. The van der Waals surface area contributed by atoms with E-state index < -0.39 is 0 Å². The minimum atomic E-state index is -0.309. The fourth-order valence-electron chi connectivity index (χ4n) is 7.44. The lowest BCUT2D eigenvalue weighted by molar-refractivity contribution is -0.0612. The molecule has 0 radical (unpaired) electrons. The molecule has 0 bridgehead atoms. The van der Waals surface area contributed by atoms with E-state index in [2.05, 4.69) is 30.8 Å². The van der Waals surface area contributed by atoms with Crippen molar-refractivity contribution in [2.75, 3.05) is 43.1 Å². The van der Waals surface area contributed by atoms with Gasteiger partial charge in [0.15, 0.2) is 0 Å². The van der Waals surface area contributed by atoms with Crippen molar-refractivity contribution in [1.82, 2.24) is 24.0 Å². The van der Waals surface area contributed by atoms with E-state index in [-0.39, 0.29) is 18.1 Å². The zero-order chi connectivity index (χ0) is 32.1. The Hall–Kier alpha value is -4.58. The van der Waals surface area contributed by atoms with E-state index in [1.54, 1.807) is 30.4 Å². The number of hydrogen-bond donors (Lipinski definition) is 2. The normalized spacial score (nSPS) is 18.4. The summed E-state index contributed by atoms with van der Waals surface area (Å²) in [6.45, 7) is 4.43. The van der Waals surface area contributed by atoms with Gasteiger partial charge >= 0.3 is 0 Å². The van der Waals surface area contributed by atoms with Crippen molar-refractivity contribution in [3.63, 3.8) is 0 Å². The van der Waals surface area contributed by atoms with E-state index >= 15 is 0 Å². The summed E-state index contributed by atoms with van der Waals surface area (Å²) in [4.78, 5) is 40.4. The minimum absolute atomic E-state index is 0.100. The molecule has 4 aromatic rings. The predicted molar refractivity (Wildman–Crippen MR) is 180 cm³/mol. The number of aryl methyl sites for hydroxylation is 2. The number of carbonyl (C=O) groups is 1. The van der Waals surface area contributed by atoms with Crippen LogP contribution in [0.4, 0.5) is 17.3 Å². The number of nitrogens with zero attached hydrogens (tertiary/aromatic N) is 6. The molecular formula is C36H39N7O4. The van der Waals surface area contributed by atoms with Gasteiger partial charge in [0.05, 0.1) is 25.9 Å². The Labute approximate surface area is 273 Å². The second-order valence-electron chi connectivity index (χ2n) is 12.9. The predicted octanol–water partition coefficient (Wildman–Crippen LogP) is 3.91. The van der Waals surface area contributed by atoms with Gasteiger partial charge in [-0.25, -0.2) is 9.97 Å². The van der Waals surface area contributed by atoms with Crippen molar-refractivity contribution in [2.24, 2.45) is 7.05 Å². The van der Waals surface area contributed by atoms with Gasteiger partial charge in [-0.05, 0) is 84.7 Å². The van der Waals surface area contributed by atoms with Gasteiger partial charge < -0.3 is 24.3 Å². The lowest BCUT2D eigenvalue weighted by Gasteiger charge is -2.38. The number of pyridine rings is 3. The van der Waals surface area contributed by atoms with Gasteiger partial charge in [-0.1, -0.05) is 6.08 Å². The Morgan fingerprint density at radius 3 is 2.62 bits per heavy atom. The molecule has 0 saturated carbocycles. The van der Waals surface area contributed by atoms with E-state index in [4.69, 9.17) is 4.74 Å². The van der Waals surface area contributed by atoms with Crippen molar-refractivity contribution >= 4 is 28.8 Å². The molecule has 0 aromatic carbocycles. The average molecular weight is 634 g/mol. The summed E-state index contributed by atoms with van der Waals surface area (Å²) in [7, 11) is 1.70. The molecule has 11 heteroatoms. The average Bonchev–Trinajstić information content (AvgIpc) is 3.46. The highest BCUT2D eigenvalue weighted by molar-refractivity contribution is 6.06. The van der Waals surface area contributed by atoms with Gasteiger partial charge in [0, 0.05) is 68.6 Å². The summed E-state index contributed by atoms with van der Waals surface area (Å²) in [6.07, 6.45) is 12.8. The van der Waals surface area contributed by atoms with Crippen LogP contribution in [0.1, 0.15) is 52.1 Å². The first-order valence-corrected chi connectivity index (χ1v) is 16.6. The van der Waals surface area contributed by atoms with Crippen LogP contribution in [-0.2, 0) is 37.8 Å². The summed E-state index contributed by atoms with van der Waals surface area (Å²) in [5.74, 6) is 0.911. The molecule has 1 saturated heterocycles. The number of carbonyl (C=O) groups excluding carboxylic acids is 1. The third kappa shape index (κ3) is 5.38. The molecule has 0 spiro atoms. The first-order valence-electron chi connectivity index (χ1n) is 16.6. The van der Waals surface area contributed by atoms with Gasteiger partial charge in [-0.15, -0.1) is 0 Å². The van der Waals surface area contributed by atoms with E-state index in [0.29, 0.717) is 53.3 Å². The summed E-state index contributed by atoms with van der Waals surface area (Å²) >= 11 is 0. The van der Waals surface area contributed by atoms with Crippen LogP contribution in [0, 0.1) is 0 Å². The largest absolute Gasteiger partial charge is 0.392 e. The summed E-state index contributed by atoms with van der Waals surface area (Å²) in [6, 6.07) is 10.1. The first kappa shape index (κ1) is 29.8. The third-order valence-electron chi connectivity index (χ3n) is 10.1. The molecule has 7 heterocycles. The fraction of sp³-hybridized carbons (Fsp3) is 0.389. The molecule has 4 aliphatic rings. The maximum atomic E-state index is 13.8. The lowest BCUT2D eigenvalue weighted by Crippen LogP contribution is -2.50. The second kappa shape index (κ2) is 12.2. The molecule has 1 amide bonds. The molecule has 11 nitrogen and oxygen atoms in total. The molecule has 4 aromatic heterocycles. The van der Waals surface area contributed by atoms with Crippen LogP contribution < -0.4 is 15.8 Å². The quantitative estimate of drug-likeness (QED) is 0.315. The van der Waals surface area contributed by atoms with Gasteiger partial charge in [-0.2, -0.15) is 0 Å². The number of rotatable bonds is 7. The van der Waals surface area contributed by atoms with E-state index in [9.17, 15) is 14.7 Å². The molecular weight excluding hydrogens is 594 g/mol. The number of nitrogens with one attached hydrogen (secondary N) is 1. The zero-order valence-corrected chi connectivity index (χ0v) is 26.6. The van der Waals surface area contributed by atoms with Crippen LogP contribution in [0.5, 0.6) is 0 Å². The van der Waals surface area contributed by atoms with E-state index in [0.717, 1.165) is 69.5 Å². The standard InChI is InChI=1S/C36H39N7O4/c1-40-19-26(16-30(35(40)45)39-33-7-6-25(18-38-33)23-9-12-41(13-10-23)27-21-47-22-27)28-8-11-37-34(29(28)20-44)43-15-14-42-31-5-3-2-4-24(31)17-32(42)36(43)46/h6-9,11,16-19,27,44H,2-5,10,12-15,20-22H2,1H3,(H,38,39). The molecule has 1 aliphatic carbocycles.